The SMILES string of the molecule is CC1CC(N)CCC1C(=O)NC1CCS(=O)(=O)CC1. The van der Waals surface area contributed by atoms with Gasteiger partial charge in [0.15, 0.2) is 0 Å². The highest BCUT2D eigenvalue weighted by Crippen LogP contribution is 2.29. The molecule has 3 N–H and O–H groups in total. The smallest absolute Gasteiger partial charge is 0.223 e. The molecule has 0 radical (unpaired) electrons. The number of nitrogens with one attached hydrogen (secondary N) is 1. The monoisotopic (exact) mass is 288 g/mol. The molecule has 3 unspecified atom stereocenters. The average molecular weight is 288 g/mol. The van der Waals surface area contributed by atoms with Crippen molar-refractivity contribution >= 4 is 15.7 Å². The molecule has 1 aliphatic heterocycles. The maximum Gasteiger partial charge on any atom is 0.223 e. The molecular weight excluding hydrogens is 264 g/mol. The van der Waals surface area contributed by atoms with Gasteiger partial charge in [0.05, 0.1) is 11.5 Å². The lowest BCUT2D eigenvalue weighted by Crippen LogP contribution is -2.46. The highest BCUT2D eigenvalue weighted by atomic mass is 32.2. The first kappa shape index (κ1) is 14.8. The van der Waals surface area contributed by atoms with Crippen LogP contribution in [0.4, 0.5) is 0 Å². The first-order valence-corrected chi connectivity index (χ1v) is 8.96. The van der Waals surface area contributed by atoms with Gasteiger partial charge >= 0.3 is 0 Å². The Balaban J connectivity index is 1.84. The molecule has 3 atom stereocenters. The molecule has 2 rings (SSSR count). The minimum atomic E-state index is -2.86. The van der Waals surface area contributed by atoms with Crippen molar-refractivity contribution in [3.05, 3.63) is 0 Å². The van der Waals surface area contributed by atoms with Crippen LogP contribution in [0.15, 0.2) is 0 Å². The third kappa shape index (κ3) is 3.92. The summed E-state index contributed by atoms with van der Waals surface area (Å²) in [6.45, 7) is 2.08. The fraction of sp³-hybridized carbons (Fsp3) is 0.923. The zero-order valence-corrected chi connectivity index (χ0v) is 12.3. The number of rotatable bonds is 2. The number of carbonyl (C=O) groups is 1. The van der Waals surface area contributed by atoms with Gasteiger partial charge in [0.25, 0.3) is 0 Å². The fourth-order valence-corrected chi connectivity index (χ4v) is 4.66. The molecule has 0 aromatic rings. The van der Waals surface area contributed by atoms with Crippen molar-refractivity contribution in [1.29, 1.82) is 0 Å². The molecule has 0 aromatic heterocycles. The van der Waals surface area contributed by atoms with Crippen molar-refractivity contribution in [2.45, 2.75) is 51.1 Å². The van der Waals surface area contributed by atoms with Crippen LogP contribution in [0.5, 0.6) is 0 Å². The predicted octanol–water partition coefficient (Wildman–Crippen LogP) is 0.443. The Morgan fingerprint density at radius 1 is 1.16 bits per heavy atom. The number of hydrogen-bond acceptors (Lipinski definition) is 4. The van der Waals surface area contributed by atoms with Crippen molar-refractivity contribution < 1.29 is 13.2 Å². The van der Waals surface area contributed by atoms with E-state index >= 15 is 0 Å². The van der Waals surface area contributed by atoms with E-state index < -0.39 is 9.84 Å². The molecule has 19 heavy (non-hydrogen) atoms. The largest absolute Gasteiger partial charge is 0.353 e. The van der Waals surface area contributed by atoms with E-state index in [4.69, 9.17) is 5.73 Å². The molecule has 1 heterocycles. The summed E-state index contributed by atoms with van der Waals surface area (Å²) >= 11 is 0. The maximum atomic E-state index is 12.2. The van der Waals surface area contributed by atoms with Gasteiger partial charge in [-0.15, -0.1) is 0 Å². The van der Waals surface area contributed by atoms with Gasteiger partial charge in [-0.05, 0) is 38.0 Å². The Morgan fingerprint density at radius 2 is 1.79 bits per heavy atom. The number of amides is 1. The molecule has 2 aliphatic rings. The van der Waals surface area contributed by atoms with Crippen LogP contribution < -0.4 is 11.1 Å². The minimum absolute atomic E-state index is 0.0267. The lowest BCUT2D eigenvalue weighted by Gasteiger charge is -2.33. The van der Waals surface area contributed by atoms with Gasteiger partial charge in [-0.25, -0.2) is 8.42 Å². The van der Waals surface area contributed by atoms with Crippen molar-refractivity contribution in [3.63, 3.8) is 0 Å². The standard InChI is InChI=1S/C13H24N2O3S/c1-9-8-10(14)2-3-12(9)13(16)15-11-4-6-19(17,18)7-5-11/h9-12H,2-8,14H2,1H3,(H,15,16). The van der Waals surface area contributed by atoms with Crippen LogP contribution in [-0.2, 0) is 14.6 Å². The van der Waals surface area contributed by atoms with Crippen LogP contribution in [0.3, 0.4) is 0 Å². The molecule has 5 nitrogen and oxygen atoms in total. The predicted molar refractivity (Wildman–Crippen MR) is 74.3 cm³/mol. The topological polar surface area (TPSA) is 89.3 Å². The Labute approximate surface area is 115 Å². The average Bonchev–Trinajstić information content (AvgIpc) is 2.31. The second-order valence-electron chi connectivity index (χ2n) is 6.09. The van der Waals surface area contributed by atoms with Crippen LogP contribution in [0.2, 0.25) is 0 Å². The van der Waals surface area contributed by atoms with Crippen LogP contribution in [0.1, 0.15) is 39.0 Å². The summed E-state index contributed by atoms with van der Waals surface area (Å²) in [5.74, 6) is 0.838. The Bertz CT molecular complexity index is 421. The van der Waals surface area contributed by atoms with E-state index in [0.717, 1.165) is 19.3 Å². The highest BCUT2D eigenvalue weighted by molar-refractivity contribution is 7.91. The van der Waals surface area contributed by atoms with Crippen molar-refractivity contribution in [3.8, 4) is 0 Å². The van der Waals surface area contributed by atoms with Crippen LogP contribution in [0, 0.1) is 11.8 Å². The molecule has 1 aliphatic carbocycles. The minimum Gasteiger partial charge on any atom is -0.353 e. The third-order valence-corrected chi connectivity index (χ3v) is 6.16. The maximum absolute atomic E-state index is 12.2. The van der Waals surface area contributed by atoms with Gasteiger partial charge in [-0.2, -0.15) is 0 Å². The van der Waals surface area contributed by atoms with Crippen LogP contribution >= 0.6 is 0 Å². The van der Waals surface area contributed by atoms with Gasteiger partial charge in [0, 0.05) is 18.0 Å². The Kier molecular flexibility index (Phi) is 4.50. The van der Waals surface area contributed by atoms with E-state index in [1.165, 1.54) is 0 Å². The number of sulfone groups is 1. The van der Waals surface area contributed by atoms with Gasteiger partial charge in [0.2, 0.25) is 5.91 Å². The quantitative estimate of drug-likeness (QED) is 0.772. The molecule has 2 fully saturated rings. The fourth-order valence-electron chi connectivity index (χ4n) is 3.17. The van der Waals surface area contributed by atoms with Crippen molar-refractivity contribution in [1.82, 2.24) is 5.32 Å². The van der Waals surface area contributed by atoms with E-state index in [0.29, 0.717) is 18.8 Å². The van der Waals surface area contributed by atoms with E-state index in [1.807, 2.05) is 0 Å². The molecule has 1 saturated heterocycles. The third-order valence-electron chi connectivity index (χ3n) is 4.45. The first-order chi connectivity index (χ1) is 8.87. The highest BCUT2D eigenvalue weighted by Gasteiger charge is 2.33. The molecule has 110 valence electrons. The summed E-state index contributed by atoms with van der Waals surface area (Å²) in [6, 6.07) is 0.248. The van der Waals surface area contributed by atoms with Crippen molar-refractivity contribution in [2.24, 2.45) is 17.6 Å². The molecule has 1 amide bonds. The van der Waals surface area contributed by atoms with Gasteiger partial charge in [0.1, 0.15) is 9.84 Å². The molecule has 6 heteroatoms. The zero-order chi connectivity index (χ0) is 14.0. The molecule has 0 aromatic carbocycles. The van der Waals surface area contributed by atoms with E-state index in [2.05, 4.69) is 12.2 Å². The van der Waals surface area contributed by atoms with Gasteiger partial charge < -0.3 is 11.1 Å². The summed E-state index contributed by atoms with van der Waals surface area (Å²) in [5.41, 5.74) is 5.90. The van der Waals surface area contributed by atoms with Gasteiger partial charge in [-0.3, -0.25) is 4.79 Å². The molecule has 0 spiro atoms. The Morgan fingerprint density at radius 3 is 2.37 bits per heavy atom. The summed E-state index contributed by atoms with van der Waals surface area (Å²) in [6.07, 6.45) is 3.75. The van der Waals surface area contributed by atoms with Crippen molar-refractivity contribution in [2.75, 3.05) is 11.5 Å². The van der Waals surface area contributed by atoms with Crippen LogP contribution in [-0.4, -0.2) is 37.9 Å². The molecular formula is C13H24N2O3S. The first-order valence-electron chi connectivity index (χ1n) is 7.14. The van der Waals surface area contributed by atoms with E-state index in [1.54, 1.807) is 0 Å². The molecule has 0 bridgehead atoms. The molecule has 1 saturated carbocycles. The summed E-state index contributed by atoms with van der Waals surface area (Å²) in [5, 5.41) is 3.03. The number of carbonyl (C=O) groups excluding carboxylic acids is 1. The van der Waals surface area contributed by atoms with E-state index in [9.17, 15) is 13.2 Å². The van der Waals surface area contributed by atoms with Crippen LogP contribution in [0.25, 0.3) is 0 Å². The Hall–Kier alpha value is -0.620. The summed E-state index contributed by atoms with van der Waals surface area (Å²) in [7, 11) is -2.86. The normalized spacial score (nSPS) is 35.8. The second-order valence-corrected chi connectivity index (χ2v) is 8.40. The lowest BCUT2D eigenvalue weighted by molar-refractivity contribution is -0.128. The number of nitrogens with two attached hydrogens (primary N) is 1. The summed E-state index contributed by atoms with van der Waals surface area (Å²) < 4.78 is 22.7. The van der Waals surface area contributed by atoms with E-state index in [-0.39, 0.29) is 35.4 Å². The zero-order valence-electron chi connectivity index (χ0n) is 11.5. The van der Waals surface area contributed by atoms with Gasteiger partial charge in [-0.1, -0.05) is 6.92 Å². The second kappa shape index (κ2) is 5.79. The number of hydrogen-bond donors (Lipinski definition) is 2. The lowest BCUT2D eigenvalue weighted by atomic mass is 9.77. The summed E-state index contributed by atoms with van der Waals surface area (Å²) in [4.78, 5) is 12.2.